The van der Waals surface area contributed by atoms with Crippen LogP contribution in [-0.4, -0.2) is 11.0 Å². The number of hydrogen-bond acceptors (Lipinski definition) is 3. The summed E-state index contributed by atoms with van der Waals surface area (Å²) < 4.78 is 13.4. The Morgan fingerprint density at radius 2 is 2.05 bits per heavy atom. The van der Waals surface area contributed by atoms with Crippen LogP contribution in [0.2, 0.25) is 5.02 Å². The van der Waals surface area contributed by atoms with E-state index in [1.165, 1.54) is 18.9 Å². The van der Waals surface area contributed by atoms with Gasteiger partial charge in [-0.1, -0.05) is 31.4 Å². The number of anilines is 1. The van der Waals surface area contributed by atoms with Gasteiger partial charge in [-0.05, 0) is 37.7 Å². The lowest BCUT2D eigenvalue weighted by molar-refractivity contribution is -0.384. The minimum Gasteiger partial charge on any atom is -0.377 e. The summed E-state index contributed by atoms with van der Waals surface area (Å²) in [5.41, 5.74) is 0.0536. The largest absolute Gasteiger partial charge is 0.377 e. The number of nitrogens with zero attached hydrogens (tertiary/aromatic N) is 1. The Morgan fingerprint density at radius 3 is 2.62 bits per heavy atom. The number of halogens is 2. The summed E-state index contributed by atoms with van der Waals surface area (Å²) in [7, 11) is 0. The van der Waals surface area contributed by atoms with Crippen LogP contribution in [0.15, 0.2) is 12.1 Å². The predicted molar refractivity (Wildman–Crippen MR) is 82.3 cm³/mol. The van der Waals surface area contributed by atoms with Crippen LogP contribution in [0.1, 0.15) is 45.4 Å². The molecular weight excluding hydrogens is 295 g/mol. The molecule has 0 aromatic heterocycles. The highest BCUT2D eigenvalue weighted by Crippen LogP contribution is 2.34. The summed E-state index contributed by atoms with van der Waals surface area (Å²) >= 11 is 5.73. The molecule has 4 nitrogen and oxygen atoms in total. The van der Waals surface area contributed by atoms with E-state index in [0.29, 0.717) is 5.69 Å². The highest BCUT2D eigenvalue weighted by atomic mass is 35.5. The van der Waals surface area contributed by atoms with Gasteiger partial charge in [-0.15, -0.1) is 0 Å². The molecule has 0 aliphatic heterocycles. The fourth-order valence-corrected chi connectivity index (χ4v) is 3.19. The van der Waals surface area contributed by atoms with Gasteiger partial charge in [0, 0.05) is 6.04 Å². The first kappa shape index (κ1) is 16.0. The molecule has 0 heterocycles. The number of nitro benzene ring substituents is 1. The van der Waals surface area contributed by atoms with Crippen LogP contribution in [0, 0.1) is 21.8 Å². The van der Waals surface area contributed by atoms with Crippen LogP contribution < -0.4 is 5.32 Å². The zero-order valence-corrected chi connectivity index (χ0v) is 12.8. The SMILES string of the molecule is CCCC1CCC(Nc2cc(Cl)c(F)cc2[N+](=O)[O-])CC1. The molecule has 0 saturated heterocycles. The third kappa shape index (κ3) is 4.06. The molecule has 0 spiro atoms. The van der Waals surface area contributed by atoms with E-state index in [-0.39, 0.29) is 16.8 Å². The van der Waals surface area contributed by atoms with Crippen molar-refractivity contribution < 1.29 is 9.31 Å². The molecule has 0 bridgehead atoms. The van der Waals surface area contributed by atoms with Crippen molar-refractivity contribution in [3.63, 3.8) is 0 Å². The van der Waals surface area contributed by atoms with Crippen molar-refractivity contribution in [3.8, 4) is 0 Å². The summed E-state index contributed by atoms with van der Waals surface area (Å²) in [5, 5.41) is 14.1. The number of nitrogens with one attached hydrogen (secondary N) is 1. The first-order chi connectivity index (χ1) is 10.0. The topological polar surface area (TPSA) is 55.2 Å². The summed E-state index contributed by atoms with van der Waals surface area (Å²) in [6, 6.07) is 2.39. The van der Waals surface area contributed by atoms with Gasteiger partial charge in [0.2, 0.25) is 0 Å². The molecule has 1 aliphatic carbocycles. The standard InChI is InChI=1S/C15H20ClFN2O2/c1-2-3-10-4-6-11(7-5-10)18-14-8-12(16)13(17)9-15(14)19(20)21/h8-11,18H,2-7H2,1H3. The van der Waals surface area contributed by atoms with Crippen molar-refractivity contribution in [1.82, 2.24) is 0 Å². The van der Waals surface area contributed by atoms with Gasteiger partial charge >= 0.3 is 0 Å². The molecule has 0 radical (unpaired) electrons. The molecule has 1 N–H and O–H groups in total. The van der Waals surface area contributed by atoms with Crippen molar-refractivity contribution in [1.29, 1.82) is 0 Å². The third-order valence-electron chi connectivity index (χ3n) is 4.14. The van der Waals surface area contributed by atoms with Gasteiger partial charge in [0.15, 0.2) is 0 Å². The molecule has 1 aromatic rings. The van der Waals surface area contributed by atoms with E-state index < -0.39 is 10.7 Å². The smallest absolute Gasteiger partial charge is 0.295 e. The molecule has 21 heavy (non-hydrogen) atoms. The van der Waals surface area contributed by atoms with Crippen LogP contribution >= 0.6 is 11.6 Å². The van der Waals surface area contributed by atoms with Gasteiger partial charge in [0.1, 0.15) is 11.5 Å². The van der Waals surface area contributed by atoms with Crippen molar-refractivity contribution in [2.75, 3.05) is 5.32 Å². The molecule has 1 fully saturated rings. The summed E-state index contributed by atoms with van der Waals surface area (Å²) in [6.07, 6.45) is 6.67. The van der Waals surface area contributed by atoms with Crippen LogP contribution in [-0.2, 0) is 0 Å². The van der Waals surface area contributed by atoms with E-state index in [1.54, 1.807) is 0 Å². The fraction of sp³-hybridized carbons (Fsp3) is 0.600. The van der Waals surface area contributed by atoms with E-state index in [4.69, 9.17) is 11.6 Å². The Hall–Kier alpha value is -1.36. The van der Waals surface area contributed by atoms with Gasteiger partial charge < -0.3 is 5.32 Å². The minimum absolute atomic E-state index is 0.0947. The van der Waals surface area contributed by atoms with E-state index in [0.717, 1.165) is 37.7 Å². The maximum Gasteiger partial charge on any atom is 0.295 e. The van der Waals surface area contributed by atoms with Crippen molar-refractivity contribution in [3.05, 3.63) is 33.1 Å². The number of rotatable bonds is 5. The Kier molecular flexibility index (Phi) is 5.39. The lowest BCUT2D eigenvalue weighted by Crippen LogP contribution is -2.26. The molecule has 6 heteroatoms. The van der Waals surface area contributed by atoms with Crippen LogP contribution in [0.4, 0.5) is 15.8 Å². The van der Waals surface area contributed by atoms with Crippen molar-refractivity contribution in [2.24, 2.45) is 5.92 Å². The number of nitro groups is 1. The monoisotopic (exact) mass is 314 g/mol. The summed E-state index contributed by atoms with van der Waals surface area (Å²) in [5.74, 6) is 0.000382. The van der Waals surface area contributed by atoms with Gasteiger partial charge in [-0.25, -0.2) is 4.39 Å². The molecule has 0 amide bonds. The van der Waals surface area contributed by atoms with Gasteiger partial charge in [-0.3, -0.25) is 10.1 Å². The molecule has 0 unspecified atom stereocenters. The highest BCUT2D eigenvalue weighted by Gasteiger charge is 2.24. The Labute approximate surface area is 128 Å². The van der Waals surface area contributed by atoms with E-state index in [2.05, 4.69) is 12.2 Å². The average Bonchev–Trinajstić information content (AvgIpc) is 2.44. The molecule has 1 aliphatic rings. The van der Waals surface area contributed by atoms with Gasteiger partial charge in [0.25, 0.3) is 5.69 Å². The maximum atomic E-state index is 13.4. The fourth-order valence-electron chi connectivity index (χ4n) is 3.03. The van der Waals surface area contributed by atoms with Crippen molar-refractivity contribution in [2.45, 2.75) is 51.5 Å². The molecular formula is C15H20ClFN2O2. The molecule has 116 valence electrons. The second-order valence-corrected chi connectivity index (χ2v) is 6.10. The first-order valence-corrected chi connectivity index (χ1v) is 7.79. The molecule has 1 aromatic carbocycles. The van der Waals surface area contributed by atoms with E-state index in [9.17, 15) is 14.5 Å². The second kappa shape index (κ2) is 7.07. The zero-order chi connectivity index (χ0) is 15.4. The summed E-state index contributed by atoms with van der Waals surface area (Å²) in [6.45, 7) is 2.19. The lowest BCUT2D eigenvalue weighted by Gasteiger charge is -2.29. The van der Waals surface area contributed by atoms with Crippen LogP contribution in [0.25, 0.3) is 0 Å². The third-order valence-corrected chi connectivity index (χ3v) is 4.43. The Balaban J connectivity index is 2.06. The number of benzene rings is 1. The predicted octanol–water partition coefficient (Wildman–Crippen LogP) is 5.16. The number of hydrogen-bond donors (Lipinski definition) is 1. The van der Waals surface area contributed by atoms with Crippen LogP contribution in [0.3, 0.4) is 0 Å². The second-order valence-electron chi connectivity index (χ2n) is 5.69. The quantitative estimate of drug-likeness (QED) is 0.603. The van der Waals surface area contributed by atoms with E-state index in [1.807, 2.05) is 0 Å². The molecule has 0 atom stereocenters. The van der Waals surface area contributed by atoms with E-state index >= 15 is 0 Å². The Morgan fingerprint density at radius 1 is 1.38 bits per heavy atom. The zero-order valence-electron chi connectivity index (χ0n) is 12.1. The van der Waals surface area contributed by atoms with Gasteiger partial charge in [0.05, 0.1) is 16.0 Å². The minimum atomic E-state index is -0.763. The molecule has 1 saturated carbocycles. The van der Waals surface area contributed by atoms with Crippen LogP contribution in [0.5, 0.6) is 0 Å². The normalized spacial score (nSPS) is 22.0. The molecule has 2 rings (SSSR count). The Bertz CT molecular complexity index is 517. The van der Waals surface area contributed by atoms with Crippen molar-refractivity contribution >= 4 is 23.0 Å². The summed E-state index contributed by atoms with van der Waals surface area (Å²) in [4.78, 5) is 10.4. The highest BCUT2D eigenvalue weighted by molar-refractivity contribution is 6.31. The van der Waals surface area contributed by atoms with Gasteiger partial charge in [-0.2, -0.15) is 0 Å². The lowest BCUT2D eigenvalue weighted by atomic mass is 9.83. The first-order valence-electron chi connectivity index (χ1n) is 7.41. The average molecular weight is 315 g/mol. The maximum absolute atomic E-state index is 13.4.